The van der Waals surface area contributed by atoms with Gasteiger partial charge in [-0.15, -0.1) is 0 Å². The fraction of sp³-hybridized carbons (Fsp3) is 0.417. The number of carbonyl (C=O) groups is 1. The lowest BCUT2D eigenvalue weighted by molar-refractivity contribution is 0.0939. The van der Waals surface area contributed by atoms with E-state index in [4.69, 9.17) is 9.84 Å². The number of benzene rings is 1. The van der Waals surface area contributed by atoms with Crippen molar-refractivity contribution in [2.75, 3.05) is 20.3 Å². The Labute approximate surface area is 100 Å². The quantitative estimate of drug-likeness (QED) is 0.708. The highest BCUT2D eigenvalue weighted by molar-refractivity contribution is 5.97. The number of methoxy groups -OCH3 is 1. The van der Waals surface area contributed by atoms with Crippen LogP contribution in [0.15, 0.2) is 18.2 Å². The lowest BCUT2D eigenvalue weighted by atomic mass is 10.1. The van der Waals surface area contributed by atoms with Gasteiger partial charge in [0.05, 0.1) is 12.7 Å². The molecule has 1 amide bonds. The Morgan fingerprint density at radius 2 is 2.24 bits per heavy atom. The average molecular weight is 239 g/mol. The van der Waals surface area contributed by atoms with E-state index >= 15 is 0 Å². The molecular formula is C12H17NO4. The lowest BCUT2D eigenvalue weighted by Gasteiger charge is -2.11. The van der Waals surface area contributed by atoms with Gasteiger partial charge >= 0.3 is 0 Å². The molecule has 1 unspecified atom stereocenters. The maximum atomic E-state index is 11.7. The van der Waals surface area contributed by atoms with Gasteiger partial charge in [0.1, 0.15) is 0 Å². The first kappa shape index (κ1) is 13.3. The lowest BCUT2D eigenvalue weighted by Crippen LogP contribution is -2.29. The van der Waals surface area contributed by atoms with Crippen LogP contribution in [0, 0.1) is 5.92 Å². The number of aliphatic hydroxyl groups excluding tert-OH is 1. The van der Waals surface area contributed by atoms with E-state index < -0.39 is 0 Å². The van der Waals surface area contributed by atoms with E-state index in [0.717, 1.165) is 0 Å². The third kappa shape index (κ3) is 3.35. The van der Waals surface area contributed by atoms with Gasteiger partial charge in [-0.1, -0.05) is 13.0 Å². The average Bonchev–Trinajstić information content (AvgIpc) is 2.35. The van der Waals surface area contributed by atoms with Crippen LogP contribution in [0.3, 0.4) is 0 Å². The maximum Gasteiger partial charge on any atom is 0.255 e. The number of amides is 1. The Kier molecular flexibility index (Phi) is 4.78. The first-order valence-corrected chi connectivity index (χ1v) is 5.35. The van der Waals surface area contributed by atoms with E-state index in [2.05, 4.69) is 5.32 Å². The molecule has 17 heavy (non-hydrogen) atoms. The van der Waals surface area contributed by atoms with E-state index in [9.17, 15) is 9.90 Å². The van der Waals surface area contributed by atoms with E-state index in [-0.39, 0.29) is 35.5 Å². The highest BCUT2D eigenvalue weighted by Gasteiger charge is 2.14. The molecule has 0 bridgehead atoms. The second kappa shape index (κ2) is 6.10. The van der Waals surface area contributed by atoms with Crippen LogP contribution < -0.4 is 10.1 Å². The third-order valence-electron chi connectivity index (χ3n) is 2.39. The van der Waals surface area contributed by atoms with Crippen LogP contribution in [0.25, 0.3) is 0 Å². The summed E-state index contributed by atoms with van der Waals surface area (Å²) in [6, 6.07) is 4.71. The Morgan fingerprint density at radius 3 is 2.82 bits per heavy atom. The second-order valence-corrected chi connectivity index (χ2v) is 3.85. The first-order chi connectivity index (χ1) is 8.10. The number of phenols is 1. The molecule has 0 aliphatic heterocycles. The summed E-state index contributed by atoms with van der Waals surface area (Å²) in [5, 5.41) is 21.2. The monoisotopic (exact) mass is 239 g/mol. The maximum absolute atomic E-state index is 11.7. The molecule has 1 aromatic carbocycles. The molecule has 0 radical (unpaired) electrons. The minimum absolute atomic E-state index is 0.00434. The van der Waals surface area contributed by atoms with Gasteiger partial charge in [-0.25, -0.2) is 0 Å². The van der Waals surface area contributed by atoms with Crippen molar-refractivity contribution in [2.45, 2.75) is 6.92 Å². The molecule has 0 spiro atoms. The van der Waals surface area contributed by atoms with Gasteiger partial charge in [0.25, 0.3) is 5.91 Å². The minimum atomic E-state index is -0.387. The number of ether oxygens (including phenoxy) is 1. The summed E-state index contributed by atoms with van der Waals surface area (Å²) in [6.45, 7) is 2.17. The summed E-state index contributed by atoms with van der Waals surface area (Å²) in [5.74, 6) is -0.328. The molecule has 5 nitrogen and oxygen atoms in total. The van der Waals surface area contributed by atoms with Crippen molar-refractivity contribution >= 4 is 5.91 Å². The van der Waals surface area contributed by atoms with Gasteiger partial charge in [0, 0.05) is 13.2 Å². The van der Waals surface area contributed by atoms with E-state index in [0.29, 0.717) is 6.54 Å². The van der Waals surface area contributed by atoms with Crippen LogP contribution in [0.2, 0.25) is 0 Å². The molecule has 0 aromatic heterocycles. The van der Waals surface area contributed by atoms with Crippen LogP contribution in [0.5, 0.6) is 11.5 Å². The van der Waals surface area contributed by atoms with Crippen molar-refractivity contribution in [3.8, 4) is 11.5 Å². The Morgan fingerprint density at radius 1 is 1.53 bits per heavy atom. The Hall–Kier alpha value is -1.75. The predicted octanol–water partition coefficient (Wildman–Crippen LogP) is 0.759. The number of rotatable bonds is 5. The number of aromatic hydroxyl groups is 1. The van der Waals surface area contributed by atoms with E-state index in [1.54, 1.807) is 12.1 Å². The zero-order chi connectivity index (χ0) is 12.8. The van der Waals surface area contributed by atoms with Crippen molar-refractivity contribution in [1.29, 1.82) is 0 Å². The highest BCUT2D eigenvalue weighted by atomic mass is 16.5. The number of para-hydroxylation sites is 1. The minimum Gasteiger partial charge on any atom is -0.504 e. The fourth-order valence-electron chi connectivity index (χ4n) is 1.30. The molecule has 0 saturated carbocycles. The standard InChI is InChI=1S/C12H17NO4/c1-8(7-14)6-13-12(16)9-4-3-5-10(17-2)11(9)15/h3-5,8,14-15H,6-7H2,1-2H3,(H,13,16). The molecular weight excluding hydrogens is 222 g/mol. The summed E-state index contributed by atoms with van der Waals surface area (Å²) >= 11 is 0. The molecule has 94 valence electrons. The summed E-state index contributed by atoms with van der Waals surface area (Å²) in [6.07, 6.45) is 0. The molecule has 0 saturated heterocycles. The summed E-state index contributed by atoms with van der Waals surface area (Å²) in [5.41, 5.74) is 0.162. The van der Waals surface area contributed by atoms with Gasteiger partial charge in [-0.2, -0.15) is 0 Å². The molecule has 1 rings (SSSR count). The van der Waals surface area contributed by atoms with Crippen molar-refractivity contribution in [1.82, 2.24) is 5.32 Å². The van der Waals surface area contributed by atoms with Gasteiger partial charge < -0.3 is 20.3 Å². The summed E-state index contributed by atoms with van der Waals surface area (Å²) < 4.78 is 4.91. The van der Waals surface area contributed by atoms with E-state index in [1.165, 1.54) is 13.2 Å². The number of hydrogen-bond acceptors (Lipinski definition) is 4. The van der Waals surface area contributed by atoms with Gasteiger partial charge in [-0.3, -0.25) is 4.79 Å². The molecule has 0 aliphatic carbocycles. The molecule has 1 aromatic rings. The van der Waals surface area contributed by atoms with Crippen molar-refractivity contribution in [3.05, 3.63) is 23.8 Å². The van der Waals surface area contributed by atoms with Crippen molar-refractivity contribution in [3.63, 3.8) is 0 Å². The topological polar surface area (TPSA) is 78.8 Å². The number of hydrogen-bond donors (Lipinski definition) is 3. The molecule has 0 aliphatic rings. The molecule has 3 N–H and O–H groups in total. The van der Waals surface area contributed by atoms with Gasteiger partial charge in [0.15, 0.2) is 11.5 Å². The molecule has 5 heteroatoms. The zero-order valence-electron chi connectivity index (χ0n) is 9.93. The van der Waals surface area contributed by atoms with Crippen LogP contribution in [-0.4, -0.2) is 36.4 Å². The first-order valence-electron chi connectivity index (χ1n) is 5.35. The van der Waals surface area contributed by atoms with Crippen molar-refractivity contribution in [2.24, 2.45) is 5.92 Å². The zero-order valence-corrected chi connectivity index (χ0v) is 9.93. The van der Waals surface area contributed by atoms with Gasteiger partial charge in [-0.05, 0) is 18.1 Å². The molecule has 1 atom stereocenters. The SMILES string of the molecule is COc1cccc(C(=O)NCC(C)CO)c1O. The predicted molar refractivity (Wildman–Crippen MR) is 63.2 cm³/mol. The fourth-order valence-corrected chi connectivity index (χ4v) is 1.30. The number of phenolic OH excluding ortho intramolecular Hbond substituents is 1. The normalized spacial score (nSPS) is 11.9. The van der Waals surface area contributed by atoms with Gasteiger partial charge in [0.2, 0.25) is 0 Å². The number of carbonyl (C=O) groups excluding carboxylic acids is 1. The number of aliphatic hydroxyl groups is 1. The smallest absolute Gasteiger partial charge is 0.255 e. The highest BCUT2D eigenvalue weighted by Crippen LogP contribution is 2.29. The van der Waals surface area contributed by atoms with Crippen LogP contribution >= 0.6 is 0 Å². The third-order valence-corrected chi connectivity index (χ3v) is 2.39. The second-order valence-electron chi connectivity index (χ2n) is 3.85. The van der Waals surface area contributed by atoms with Crippen LogP contribution in [-0.2, 0) is 0 Å². The summed E-state index contributed by atoms with van der Waals surface area (Å²) in [7, 11) is 1.42. The molecule has 0 heterocycles. The van der Waals surface area contributed by atoms with Crippen LogP contribution in [0.1, 0.15) is 17.3 Å². The molecule has 0 fully saturated rings. The largest absolute Gasteiger partial charge is 0.504 e. The Bertz CT molecular complexity index is 392. The Balaban J connectivity index is 2.75. The van der Waals surface area contributed by atoms with Crippen molar-refractivity contribution < 1.29 is 19.7 Å². The van der Waals surface area contributed by atoms with E-state index in [1.807, 2.05) is 6.92 Å². The van der Waals surface area contributed by atoms with Crippen LogP contribution in [0.4, 0.5) is 0 Å². The summed E-state index contributed by atoms with van der Waals surface area (Å²) in [4.78, 5) is 11.7. The number of nitrogens with one attached hydrogen (secondary N) is 1.